The lowest BCUT2D eigenvalue weighted by atomic mass is 10.1. The molecule has 3 aliphatic rings. The monoisotopic (exact) mass is 422 g/mol. The molecule has 144 valence electrons. The number of rotatable bonds is 3. The van der Waals surface area contributed by atoms with Crippen LogP contribution in [0.2, 0.25) is 0 Å². The summed E-state index contributed by atoms with van der Waals surface area (Å²) in [5.74, 6) is -0.615. The maximum atomic E-state index is 12.6. The first-order valence-electron chi connectivity index (χ1n) is 8.87. The van der Waals surface area contributed by atoms with E-state index in [1.807, 2.05) is 18.2 Å². The van der Waals surface area contributed by atoms with Crippen LogP contribution in [0.3, 0.4) is 0 Å². The average molecular weight is 422 g/mol. The standard InChI is InChI=1S/C20H14N4O3S2/c25-17(12-3-1-11(2-4-12)9-16-18(26)23-20(27)29-16)22-13-5-6-15-14(10-13)24-8-7-21-19(24)28-15/h1-6,9-10H,7-8H2,(H,22,25)(H,23,26,27). The number of carbonyl (C=O) groups is 3. The molecule has 0 aliphatic carbocycles. The quantitative estimate of drug-likeness (QED) is 0.736. The summed E-state index contributed by atoms with van der Waals surface area (Å²) in [4.78, 5) is 43.6. The molecule has 0 saturated carbocycles. The summed E-state index contributed by atoms with van der Waals surface area (Å²) in [7, 11) is 0. The third-order valence-electron chi connectivity index (χ3n) is 4.62. The van der Waals surface area contributed by atoms with E-state index in [2.05, 4.69) is 20.5 Å². The topological polar surface area (TPSA) is 90.9 Å². The van der Waals surface area contributed by atoms with Crippen LogP contribution in [0.5, 0.6) is 0 Å². The minimum atomic E-state index is -0.400. The van der Waals surface area contributed by atoms with Gasteiger partial charge in [0.15, 0.2) is 5.17 Å². The third kappa shape index (κ3) is 3.43. The number of hydrogen-bond donors (Lipinski definition) is 2. The molecule has 0 bridgehead atoms. The minimum absolute atomic E-state index is 0.215. The Morgan fingerprint density at radius 2 is 1.97 bits per heavy atom. The largest absolute Gasteiger partial charge is 0.322 e. The Morgan fingerprint density at radius 1 is 1.14 bits per heavy atom. The van der Waals surface area contributed by atoms with Gasteiger partial charge in [0, 0.05) is 22.7 Å². The molecule has 2 aromatic rings. The van der Waals surface area contributed by atoms with E-state index in [1.54, 1.807) is 42.1 Å². The Hall–Kier alpha value is -3.04. The predicted octanol–water partition coefficient (Wildman–Crippen LogP) is 3.54. The van der Waals surface area contributed by atoms with Gasteiger partial charge < -0.3 is 10.2 Å². The van der Waals surface area contributed by atoms with Gasteiger partial charge in [-0.2, -0.15) is 0 Å². The molecule has 29 heavy (non-hydrogen) atoms. The molecule has 0 atom stereocenters. The maximum absolute atomic E-state index is 12.6. The van der Waals surface area contributed by atoms with Crippen LogP contribution in [0.4, 0.5) is 16.2 Å². The first-order valence-corrected chi connectivity index (χ1v) is 10.5. The van der Waals surface area contributed by atoms with Crippen molar-refractivity contribution in [2.45, 2.75) is 4.90 Å². The van der Waals surface area contributed by atoms with Gasteiger partial charge in [0.1, 0.15) is 0 Å². The van der Waals surface area contributed by atoms with E-state index in [-0.39, 0.29) is 11.1 Å². The molecular weight excluding hydrogens is 408 g/mol. The maximum Gasteiger partial charge on any atom is 0.290 e. The summed E-state index contributed by atoms with van der Waals surface area (Å²) < 4.78 is 0. The van der Waals surface area contributed by atoms with Crippen molar-refractivity contribution >= 4 is 63.2 Å². The highest BCUT2D eigenvalue weighted by atomic mass is 32.2. The molecule has 1 saturated heterocycles. The molecule has 3 heterocycles. The zero-order valence-corrected chi connectivity index (χ0v) is 16.6. The Morgan fingerprint density at radius 3 is 2.72 bits per heavy atom. The molecule has 0 radical (unpaired) electrons. The molecule has 2 aromatic carbocycles. The van der Waals surface area contributed by atoms with Crippen LogP contribution < -0.4 is 15.5 Å². The number of fused-ring (bicyclic) bond motifs is 3. The summed E-state index contributed by atoms with van der Waals surface area (Å²) in [6.07, 6.45) is 1.62. The Kier molecular flexibility index (Phi) is 4.40. The Balaban J connectivity index is 1.30. The second kappa shape index (κ2) is 7.09. The fourth-order valence-corrected chi connectivity index (χ4v) is 4.98. The highest BCUT2D eigenvalue weighted by molar-refractivity contribution is 8.18. The fourth-order valence-electron chi connectivity index (χ4n) is 3.23. The molecule has 1 fully saturated rings. The van der Waals surface area contributed by atoms with Gasteiger partial charge >= 0.3 is 0 Å². The number of anilines is 2. The van der Waals surface area contributed by atoms with E-state index in [4.69, 9.17) is 0 Å². The van der Waals surface area contributed by atoms with Gasteiger partial charge in [-0.15, -0.1) is 0 Å². The molecule has 9 heteroatoms. The summed E-state index contributed by atoms with van der Waals surface area (Å²) in [6.45, 7) is 1.67. The molecule has 0 unspecified atom stereocenters. The number of nitrogens with one attached hydrogen (secondary N) is 2. The number of nitrogens with zero attached hydrogens (tertiary/aromatic N) is 2. The minimum Gasteiger partial charge on any atom is -0.322 e. The molecule has 0 aromatic heterocycles. The van der Waals surface area contributed by atoms with E-state index in [1.165, 1.54) is 0 Å². The van der Waals surface area contributed by atoms with Crippen molar-refractivity contribution in [3.05, 3.63) is 58.5 Å². The van der Waals surface area contributed by atoms with Gasteiger partial charge in [0.2, 0.25) is 0 Å². The van der Waals surface area contributed by atoms with Gasteiger partial charge in [-0.25, -0.2) is 0 Å². The van der Waals surface area contributed by atoms with Crippen molar-refractivity contribution in [3.63, 3.8) is 0 Å². The number of carbonyl (C=O) groups excluding carboxylic acids is 3. The van der Waals surface area contributed by atoms with Crippen LogP contribution in [0.25, 0.3) is 6.08 Å². The number of aliphatic imine (C=N–C) groups is 1. The highest BCUT2D eigenvalue weighted by Gasteiger charge is 2.29. The van der Waals surface area contributed by atoms with Gasteiger partial charge in [0.25, 0.3) is 17.1 Å². The van der Waals surface area contributed by atoms with Crippen molar-refractivity contribution in [3.8, 4) is 0 Å². The predicted molar refractivity (Wildman–Crippen MR) is 115 cm³/mol. The lowest BCUT2D eigenvalue weighted by Crippen LogP contribution is -2.21. The smallest absolute Gasteiger partial charge is 0.290 e. The second-order valence-electron chi connectivity index (χ2n) is 6.53. The molecule has 7 nitrogen and oxygen atoms in total. The second-order valence-corrected chi connectivity index (χ2v) is 8.55. The number of thioether (sulfide) groups is 2. The van der Waals surface area contributed by atoms with Crippen LogP contribution in [0.1, 0.15) is 15.9 Å². The van der Waals surface area contributed by atoms with Crippen LogP contribution in [-0.2, 0) is 4.79 Å². The summed E-state index contributed by atoms with van der Waals surface area (Å²) >= 11 is 2.52. The van der Waals surface area contributed by atoms with E-state index in [0.717, 1.165) is 51.9 Å². The number of amides is 3. The summed E-state index contributed by atoms with van der Waals surface area (Å²) in [6, 6.07) is 12.7. The number of benzene rings is 2. The zero-order valence-electron chi connectivity index (χ0n) is 15.0. The van der Waals surface area contributed by atoms with Crippen molar-refractivity contribution in [2.24, 2.45) is 4.99 Å². The van der Waals surface area contributed by atoms with E-state index in [9.17, 15) is 14.4 Å². The van der Waals surface area contributed by atoms with Crippen molar-refractivity contribution < 1.29 is 14.4 Å². The summed E-state index contributed by atoms with van der Waals surface area (Å²) in [5, 5.41) is 5.79. The normalized spacial score (nSPS) is 18.6. The van der Waals surface area contributed by atoms with Crippen LogP contribution in [0, 0.1) is 0 Å². The van der Waals surface area contributed by atoms with Gasteiger partial charge in [-0.05, 0) is 65.5 Å². The molecule has 5 rings (SSSR count). The van der Waals surface area contributed by atoms with Crippen molar-refractivity contribution in [2.75, 3.05) is 23.3 Å². The Bertz CT molecular complexity index is 1130. The van der Waals surface area contributed by atoms with Crippen molar-refractivity contribution in [1.29, 1.82) is 0 Å². The van der Waals surface area contributed by atoms with Crippen LogP contribution >= 0.6 is 23.5 Å². The van der Waals surface area contributed by atoms with Crippen molar-refractivity contribution in [1.82, 2.24) is 5.32 Å². The molecule has 0 spiro atoms. The highest BCUT2D eigenvalue weighted by Crippen LogP contribution is 2.43. The molecule has 2 N–H and O–H groups in total. The fraction of sp³-hybridized carbons (Fsp3) is 0.100. The van der Waals surface area contributed by atoms with E-state index >= 15 is 0 Å². The summed E-state index contributed by atoms with van der Waals surface area (Å²) in [5.41, 5.74) is 3.05. The third-order valence-corrected chi connectivity index (χ3v) is 6.53. The first kappa shape index (κ1) is 18.0. The van der Waals surface area contributed by atoms with E-state index in [0.29, 0.717) is 10.5 Å². The SMILES string of the molecule is O=C1NC(=O)C(=Cc2ccc(C(=O)Nc3ccc4c(c3)N3CCN=C3S4)cc2)S1. The van der Waals surface area contributed by atoms with Gasteiger partial charge in [-0.1, -0.05) is 12.1 Å². The number of imide groups is 1. The number of hydrogen-bond acceptors (Lipinski definition) is 7. The van der Waals surface area contributed by atoms with Gasteiger partial charge in [0.05, 0.1) is 17.1 Å². The first-order chi connectivity index (χ1) is 14.1. The molecular formula is C20H14N4O3S2. The molecule has 3 aliphatic heterocycles. The Labute approximate surface area is 174 Å². The average Bonchev–Trinajstić information content (AvgIpc) is 3.37. The van der Waals surface area contributed by atoms with Crippen LogP contribution in [-0.4, -0.2) is 35.3 Å². The van der Waals surface area contributed by atoms with Gasteiger partial charge in [-0.3, -0.25) is 24.7 Å². The lowest BCUT2D eigenvalue weighted by molar-refractivity contribution is -0.115. The number of amidine groups is 1. The van der Waals surface area contributed by atoms with E-state index < -0.39 is 5.91 Å². The molecule has 3 amide bonds. The zero-order chi connectivity index (χ0) is 20.0. The van der Waals surface area contributed by atoms with Crippen LogP contribution in [0.15, 0.2) is 57.3 Å². The lowest BCUT2D eigenvalue weighted by Gasteiger charge is -2.13.